The Balaban J connectivity index is 2.15. The van der Waals surface area contributed by atoms with E-state index >= 15 is 0 Å². The van der Waals surface area contributed by atoms with Gasteiger partial charge in [-0.05, 0) is 22.9 Å². The lowest BCUT2D eigenvalue weighted by Gasteiger charge is -2.16. The van der Waals surface area contributed by atoms with Crippen LogP contribution in [0.3, 0.4) is 0 Å². The molecule has 0 spiro atoms. The molecule has 1 N–H and O–H groups in total. The number of hydrogen-bond acceptors (Lipinski definition) is 4. The van der Waals surface area contributed by atoms with E-state index in [1.54, 1.807) is 12.4 Å². The Hall–Kier alpha value is -1.75. The Morgan fingerprint density at radius 1 is 1.24 bits per heavy atom. The molecule has 4 nitrogen and oxygen atoms in total. The minimum Gasteiger partial charge on any atom is -0.319 e. The first kappa shape index (κ1) is 15.6. The van der Waals surface area contributed by atoms with Gasteiger partial charge in [0.15, 0.2) is 0 Å². The molecule has 0 saturated heterocycles. The van der Waals surface area contributed by atoms with Crippen LogP contribution in [0.2, 0.25) is 0 Å². The summed E-state index contributed by atoms with van der Waals surface area (Å²) in [5.74, 6) is 0.997. The average Bonchev–Trinajstić information content (AvgIpc) is 2.87. The normalized spacial score (nSPS) is 11.7. The maximum Gasteiger partial charge on any atom is 0.266 e. The van der Waals surface area contributed by atoms with Gasteiger partial charge in [0.1, 0.15) is 5.82 Å². The highest BCUT2D eigenvalue weighted by Gasteiger charge is 2.18. The number of nitrogens with zero attached hydrogens (tertiary/aromatic N) is 2. The van der Waals surface area contributed by atoms with Gasteiger partial charge < -0.3 is 5.32 Å². The summed E-state index contributed by atoms with van der Waals surface area (Å²) in [5.41, 5.74) is 1.60. The largest absolute Gasteiger partial charge is 0.319 e. The van der Waals surface area contributed by atoms with Crippen molar-refractivity contribution in [3.8, 4) is 0 Å². The summed E-state index contributed by atoms with van der Waals surface area (Å²) in [5, 5.41) is 4.81. The van der Waals surface area contributed by atoms with Gasteiger partial charge in [-0.15, -0.1) is 11.3 Å². The predicted octanol–water partition coefficient (Wildman–Crippen LogP) is 4.21. The van der Waals surface area contributed by atoms with Crippen LogP contribution in [0, 0.1) is 0 Å². The van der Waals surface area contributed by atoms with Crippen LogP contribution >= 0.6 is 11.3 Å². The van der Waals surface area contributed by atoms with Crippen LogP contribution in [0.5, 0.6) is 0 Å². The van der Waals surface area contributed by atoms with Gasteiger partial charge in [0, 0.05) is 5.41 Å². The lowest BCUT2D eigenvalue weighted by atomic mass is 9.96. The second-order valence-electron chi connectivity index (χ2n) is 6.36. The predicted molar refractivity (Wildman–Crippen MR) is 87.1 cm³/mol. The first-order valence-corrected chi connectivity index (χ1v) is 7.88. The van der Waals surface area contributed by atoms with Gasteiger partial charge in [-0.3, -0.25) is 4.79 Å². The van der Waals surface area contributed by atoms with E-state index in [0.29, 0.717) is 11.6 Å². The number of aromatic nitrogens is 2. The Labute approximate surface area is 129 Å². The summed E-state index contributed by atoms with van der Waals surface area (Å²) < 4.78 is 0. The summed E-state index contributed by atoms with van der Waals surface area (Å²) in [6.07, 6.45) is 3.32. The molecule has 21 heavy (non-hydrogen) atoms. The van der Waals surface area contributed by atoms with Gasteiger partial charge >= 0.3 is 0 Å². The molecule has 0 saturated carbocycles. The zero-order valence-corrected chi connectivity index (χ0v) is 13.9. The van der Waals surface area contributed by atoms with E-state index in [4.69, 9.17) is 0 Å². The molecule has 5 heteroatoms. The highest BCUT2D eigenvalue weighted by atomic mass is 32.1. The summed E-state index contributed by atoms with van der Waals surface area (Å²) in [4.78, 5) is 21.7. The molecule has 0 radical (unpaired) electrons. The van der Waals surface area contributed by atoms with E-state index < -0.39 is 0 Å². The molecule has 0 bridgehead atoms. The Bertz CT molecular complexity index is 624. The van der Waals surface area contributed by atoms with Crippen LogP contribution in [0.4, 0.5) is 5.69 Å². The molecule has 0 aliphatic heterocycles. The summed E-state index contributed by atoms with van der Waals surface area (Å²) in [7, 11) is 0. The fourth-order valence-electron chi connectivity index (χ4n) is 1.93. The fraction of sp³-hybridized carbons (Fsp3) is 0.438. The number of nitrogens with one attached hydrogen (secondary N) is 1. The minimum absolute atomic E-state index is 0.0961. The maximum atomic E-state index is 12.3. The number of thiophene rings is 1. The van der Waals surface area contributed by atoms with E-state index in [0.717, 1.165) is 16.3 Å². The van der Waals surface area contributed by atoms with Gasteiger partial charge in [0.05, 0.1) is 23.0 Å². The van der Waals surface area contributed by atoms with Gasteiger partial charge in [0.2, 0.25) is 0 Å². The van der Waals surface area contributed by atoms with Crippen LogP contribution in [0.15, 0.2) is 23.8 Å². The standard InChI is InChI=1S/C16H21N3OS/c1-10(2)12-6-7-21-13(12)14(20)19-11-8-17-15(18-9-11)16(3,4)5/h6-10H,1-5H3,(H,19,20). The Kier molecular flexibility index (Phi) is 4.42. The van der Waals surface area contributed by atoms with Crippen molar-refractivity contribution in [2.45, 2.75) is 46.0 Å². The molecule has 0 aliphatic rings. The molecule has 0 atom stereocenters. The molecule has 0 unspecified atom stereocenters. The third-order valence-electron chi connectivity index (χ3n) is 3.10. The number of carbonyl (C=O) groups is 1. The summed E-state index contributed by atoms with van der Waals surface area (Å²) in [6, 6.07) is 2.00. The summed E-state index contributed by atoms with van der Waals surface area (Å²) in [6.45, 7) is 10.3. The van der Waals surface area contributed by atoms with E-state index in [-0.39, 0.29) is 11.3 Å². The van der Waals surface area contributed by atoms with Crippen molar-refractivity contribution in [1.82, 2.24) is 9.97 Å². The lowest BCUT2D eigenvalue weighted by molar-refractivity contribution is 0.102. The maximum absolute atomic E-state index is 12.3. The smallest absolute Gasteiger partial charge is 0.266 e. The van der Waals surface area contributed by atoms with Gasteiger partial charge in [0.25, 0.3) is 5.91 Å². The molecule has 2 heterocycles. The third kappa shape index (κ3) is 3.67. The van der Waals surface area contributed by atoms with Crippen molar-refractivity contribution in [3.63, 3.8) is 0 Å². The van der Waals surface area contributed by atoms with Crippen LogP contribution in [-0.2, 0) is 5.41 Å². The molecule has 1 amide bonds. The molecule has 0 aliphatic carbocycles. The number of anilines is 1. The number of hydrogen-bond donors (Lipinski definition) is 1. The van der Waals surface area contributed by atoms with E-state index in [9.17, 15) is 4.79 Å². The second-order valence-corrected chi connectivity index (χ2v) is 7.28. The number of amides is 1. The second kappa shape index (κ2) is 5.93. The molecule has 2 rings (SSSR count). The van der Waals surface area contributed by atoms with Gasteiger partial charge in [-0.2, -0.15) is 0 Å². The Morgan fingerprint density at radius 3 is 2.38 bits per heavy atom. The third-order valence-corrected chi connectivity index (χ3v) is 4.03. The number of rotatable bonds is 3. The quantitative estimate of drug-likeness (QED) is 0.924. The van der Waals surface area contributed by atoms with Crippen molar-refractivity contribution in [2.75, 3.05) is 5.32 Å². The fourth-order valence-corrected chi connectivity index (χ4v) is 2.87. The topological polar surface area (TPSA) is 54.9 Å². The highest BCUT2D eigenvalue weighted by molar-refractivity contribution is 7.12. The van der Waals surface area contributed by atoms with E-state index in [1.165, 1.54) is 11.3 Å². The molecule has 0 aromatic carbocycles. The average molecular weight is 303 g/mol. The minimum atomic E-state index is -0.0965. The van der Waals surface area contributed by atoms with Crippen molar-refractivity contribution >= 4 is 22.9 Å². The van der Waals surface area contributed by atoms with Gasteiger partial charge in [-0.1, -0.05) is 34.6 Å². The Morgan fingerprint density at radius 2 is 1.86 bits per heavy atom. The SMILES string of the molecule is CC(C)c1ccsc1C(=O)Nc1cnc(C(C)(C)C)nc1. The van der Waals surface area contributed by atoms with Crippen LogP contribution in [0.1, 0.15) is 61.6 Å². The molecule has 112 valence electrons. The molecular formula is C16H21N3OS. The van der Waals surface area contributed by atoms with Crippen LogP contribution < -0.4 is 5.32 Å². The first-order chi connectivity index (χ1) is 9.79. The van der Waals surface area contributed by atoms with Crippen molar-refractivity contribution in [3.05, 3.63) is 40.1 Å². The van der Waals surface area contributed by atoms with Crippen molar-refractivity contribution in [1.29, 1.82) is 0 Å². The van der Waals surface area contributed by atoms with E-state index in [1.807, 2.05) is 11.4 Å². The van der Waals surface area contributed by atoms with Gasteiger partial charge in [-0.25, -0.2) is 9.97 Å². The van der Waals surface area contributed by atoms with Crippen molar-refractivity contribution < 1.29 is 4.79 Å². The number of carbonyl (C=O) groups excluding carboxylic acids is 1. The summed E-state index contributed by atoms with van der Waals surface area (Å²) >= 11 is 1.46. The van der Waals surface area contributed by atoms with E-state index in [2.05, 4.69) is 49.9 Å². The van der Waals surface area contributed by atoms with Crippen LogP contribution in [-0.4, -0.2) is 15.9 Å². The van der Waals surface area contributed by atoms with Crippen molar-refractivity contribution in [2.24, 2.45) is 0 Å². The van der Waals surface area contributed by atoms with Crippen LogP contribution in [0.25, 0.3) is 0 Å². The monoisotopic (exact) mass is 303 g/mol. The molecular weight excluding hydrogens is 282 g/mol. The molecule has 0 fully saturated rings. The first-order valence-electron chi connectivity index (χ1n) is 7.00. The lowest BCUT2D eigenvalue weighted by Crippen LogP contribution is -2.17. The highest BCUT2D eigenvalue weighted by Crippen LogP contribution is 2.25. The zero-order valence-electron chi connectivity index (χ0n) is 13.1. The molecule has 2 aromatic rings. The molecule has 2 aromatic heterocycles. The zero-order chi connectivity index (χ0) is 15.6.